The molecule has 422 valence electrons. The van der Waals surface area contributed by atoms with Crippen molar-refractivity contribution in [1.82, 2.24) is 28.4 Å². The lowest BCUT2D eigenvalue weighted by Gasteiger charge is -2.39. The van der Waals surface area contributed by atoms with Crippen LogP contribution in [0.4, 0.5) is 5.69 Å². The van der Waals surface area contributed by atoms with E-state index in [1.807, 2.05) is 121 Å². The third-order valence-electron chi connectivity index (χ3n) is 14.6. The molecule has 0 aliphatic carbocycles. The predicted molar refractivity (Wildman–Crippen MR) is 302 cm³/mol. The SMILES string of the molecule is COc1ccc(C(OC[C@H]2O[C@@H](n3ccc4c(N=CN(C)C)ccnc43)C[C@@H]2OP(OCCC#N)OC[C@H]2O[C@@H](n3ccc(=O)n4ccnc34)[C@H](O[P+](=O)O)[C@@H]2O[Si](C)(C)C(C)(C)C)(c2ccccc2)c2ccc(OC)cc2)cc1. The van der Waals surface area contributed by atoms with Crippen LogP contribution < -0.4 is 15.0 Å². The van der Waals surface area contributed by atoms with Crippen LogP contribution in [0.3, 0.4) is 0 Å². The van der Waals surface area contributed by atoms with Crippen molar-refractivity contribution in [2.24, 2.45) is 4.99 Å². The quantitative estimate of drug-likeness (QED) is 0.0148. The topological polar surface area (TPSA) is 226 Å². The summed E-state index contributed by atoms with van der Waals surface area (Å²) in [6.07, 6.45) is 3.66. The second-order valence-corrected chi connectivity index (χ2v) is 27.6. The number of methoxy groups -OCH3 is 2. The highest BCUT2D eigenvalue weighted by molar-refractivity contribution is 7.41. The van der Waals surface area contributed by atoms with Crippen molar-refractivity contribution in [2.75, 3.05) is 48.1 Å². The van der Waals surface area contributed by atoms with E-state index in [4.69, 9.17) is 56.2 Å². The zero-order chi connectivity index (χ0) is 56.8. The number of nitriles is 1. The maximum Gasteiger partial charge on any atom is 0.695 e. The van der Waals surface area contributed by atoms with Gasteiger partial charge in [-0.15, -0.1) is 9.42 Å². The Hall–Kier alpha value is -6.28. The molecule has 24 heteroatoms. The lowest BCUT2D eigenvalue weighted by Crippen LogP contribution is -2.50. The highest BCUT2D eigenvalue weighted by Gasteiger charge is 2.55. The molecule has 6 heterocycles. The average molecular weight is 1150 g/mol. The van der Waals surface area contributed by atoms with Gasteiger partial charge in [0.2, 0.25) is 5.78 Å². The van der Waals surface area contributed by atoms with Crippen LogP contribution in [-0.2, 0) is 46.9 Å². The molecule has 80 heavy (non-hydrogen) atoms. The Morgan fingerprint density at radius 1 is 0.850 bits per heavy atom. The number of aliphatic imine (C=N–C) groups is 1. The summed E-state index contributed by atoms with van der Waals surface area (Å²) < 4.78 is 83.0. The summed E-state index contributed by atoms with van der Waals surface area (Å²) in [6.45, 7) is 10.0. The number of benzene rings is 3. The fourth-order valence-corrected chi connectivity index (χ4v) is 12.5. The van der Waals surface area contributed by atoms with Gasteiger partial charge in [-0.25, -0.2) is 15.0 Å². The largest absolute Gasteiger partial charge is 0.695 e. The number of ether oxygens (including phenoxy) is 5. The van der Waals surface area contributed by atoms with E-state index in [1.54, 1.807) is 31.3 Å². The fourth-order valence-electron chi connectivity index (χ4n) is 9.58. The van der Waals surface area contributed by atoms with Crippen LogP contribution in [0.2, 0.25) is 18.1 Å². The molecular formula is C56H67N8O13P2Si+. The first-order valence-electron chi connectivity index (χ1n) is 26.0. The van der Waals surface area contributed by atoms with Crippen LogP contribution in [0.1, 0.15) is 62.8 Å². The van der Waals surface area contributed by atoms with Crippen molar-refractivity contribution >= 4 is 54.0 Å². The zero-order valence-electron chi connectivity index (χ0n) is 46.1. The second kappa shape index (κ2) is 25.2. The smallest absolute Gasteiger partial charge is 0.497 e. The predicted octanol–water partition coefficient (Wildman–Crippen LogP) is 9.96. The highest BCUT2D eigenvalue weighted by atomic mass is 31.2. The van der Waals surface area contributed by atoms with Crippen LogP contribution in [0.15, 0.2) is 138 Å². The van der Waals surface area contributed by atoms with Crippen LogP contribution in [0, 0.1) is 11.3 Å². The molecule has 2 unspecified atom stereocenters. The number of aromatic nitrogens is 5. The minimum Gasteiger partial charge on any atom is -0.497 e. The van der Waals surface area contributed by atoms with E-state index in [1.165, 1.54) is 29.1 Å². The highest BCUT2D eigenvalue weighted by Crippen LogP contribution is 2.50. The van der Waals surface area contributed by atoms with Gasteiger partial charge in [-0.3, -0.25) is 13.8 Å². The maximum absolute atomic E-state index is 12.9. The summed E-state index contributed by atoms with van der Waals surface area (Å²) in [5.74, 6) is 1.55. The molecule has 2 fully saturated rings. The summed E-state index contributed by atoms with van der Waals surface area (Å²) in [6, 6.07) is 32.7. The van der Waals surface area contributed by atoms with Crippen LogP contribution >= 0.6 is 16.9 Å². The molecule has 1 N–H and O–H groups in total. The first kappa shape index (κ1) is 58.4. The molecule has 0 radical (unpaired) electrons. The summed E-state index contributed by atoms with van der Waals surface area (Å²) in [5.41, 5.74) is 2.27. The Morgan fingerprint density at radius 3 is 2.16 bits per heavy atom. The number of hydrogen-bond acceptors (Lipinski definition) is 16. The van der Waals surface area contributed by atoms with Gasteiger partial charge < -0.3 is 51.1 Å². The van der Waals surface area contributed by atoms with Gasteiger partial charge in [0.25, 0.3) is 5.56 Å². The first-order valence-corrected chi connectivity index (χ1v) is 31.2. The lowest BCUT2D eigenvalue weighted by molar-refractivity contribution is -0.0925. The van der Waals surface area contributed by atoms with Gasteiger partial charge in [-0.2, -0.15) is 5.26 Å². The van der Waals surface area contributed by atoms with Crippen molar-refractivity contribution < 1.29 is 55.7 Å². The monoisotopic (exact) mass is 1150 g/mol. The molecule has 4 aromatic heterocycles. The van der Waals surface area contributed by atoms with Crippen molar-refractivity contribution in [3.05, 3.63) is 155 Å². The van der Waals surface area contributed by atoms with Crippen molar-refractivity contribution in [1.29, 1.82) is 5.26 Å². The normalized spacial score (nSPS) is 21.3. The van der Waals surface area contributed by atoms with E-state index < -0.39 is 73.8 Å². The molecule has 9 atom stereocenters. The molecule has 0 spiro atoms. The number of hydrogen-bond donors (Lipinski definition) is 1. The van der Waals surface area contributed by atoms with Gasteiger partial charge in [-0.1, -0.05) is 75.4 Å². The van der Waals surface area contributed by atoms with Gasteiger partial charge >= 0.3 is 16.9 Å². The Labute approximate surface area is 467 Å². The van der Waals surface area contributed by atoms with Crippen LogP contribution in [-0.4, -0.2) is 127 Å². The molecule has 2 aliphatic heterocycles. The third-order valence-corrected chi connectivity index (χ3v) is 20.7. The summed E-state index contributed by atoms with van der Waals surface area (Å²) >= 11 is 0. The molecular weight excluding hydrogens is 1080 g/mol. The standard InChI is InChI=1S/C56H66N8O13P2Si/c1-55(2,3)80(8,9)77-50-47(74-53(51(50)76-78(66)67)64-31-26-48(65)62-32-29-59-54(62)64)36-72-79(71-33-13-27-57)75-45-34-49(63-30-25-43-44(60-37-61(4)5)24-28-58-52(43)63)73-46(45)35-70-56(38-14-11-10-12-15-38,39-16-20-41(68-6)21-17-39)40-18-22-42(69-7)23-19-40/h10-12,14-26,28-32,37,45-47,49-51,53H,13,33-36H2,1-9H3/p+1/t45-,46+,47+,49+,50+,51+,53+,79?/m0/s1. The van der Waals surface area contributed by atoms with Gasteiger partial charge in [0, 0.05) is 67.5 Å². The van der Waals surface area contributed by atoms with Gasteiger partial charge in [0.15, 0.2) is 20.6 Å². The number of pyridine rings is 1. The van der Waals surface area contributed by atoms with E-state index in [9.17, 15) is 19.5 Å². The molecule has 0 bridgehead atoms. The molecule has 2 aliphatic rings. The summed E-state index contributed by atoms with van der Waals surface area (Å²) in [7, 11) is -1.19. The molecule has 3 aromatic carbocycles. The number of fused-ring (bicyclic) bond motifs is 2. The number of imidazole rings is 1. The van der Waals surface area contributed by atoms with E-state index in [0.717, 1.165) is 27.8 Å². The molecule has 7 aromatic rings. The Morgan fingerprint density at radius 2 is 1.52 bits per heavy atom. The van der Waals surface area contributed by atoms with Crippen molar-refractivity contribution in [3.8, 4) is 17.6 Å². The Kier molecular flexibility index (Phi) is 18.4. The van der Waals surface area contributed by atoms with Gasteiger partial charge in [-0.05, 0) is 71.2 Å². The molecule has 0 saturated carbocycles. The molecule has 9 rings (SSSR count). The first-order chi connectivity index (χ1) is 38.4. The number of nitrogens with zero attached hydrogens (tertiary/aromatic N) is 8. The van der Waals surface area contributed by atoms with Crippen molar-refractivity contribution in [3.63, 3.8) is 0 Å². The van der Waals surface area contributed by atoms with E-state index >= 15 is 0 Å². The summed E-state index contributed by atoms with van der Waals surface area (Å²) in [5, 5.41) is 10.2. The Balaban J connectivity index is 1.09. The van der Waals surface area contributed by atoms with Crippen LogP contribution in [0.25, 0.3) is 16.8 Å². The minimum atomic E-state index is -3.19. The summed E-state index contributed by atoms with van der Waals surface area (Å²) in [4.78, 5) is 39.1. The molecule has 21 nitrogen and oxygen atoms in total. The third kappa shape index (κ3) is 12.6. The molecule has 2 saturated heterocycles. The van der Waals surface area contributed by atoms with Crippen LogP contribution in [0.5, 0.6) is 11.5 Å². The van der Waals surface area contributed by atoms with Crippen molar-refractivity contribution in [2.45, 2.75) is 100 Å². The zero-order valence-corrected chi connectivity index (χ0v) is 48.9. The fraction of sp³-hybridized carbons (Fsp3) is 0.411. The van der Waals surface area contributed by atoms with Gasteiger partial charge in [0.05, 0.1) is 64.7 Å². The average Bonchev–Trinajstić information content (AvgIpc) is 4.27. The maximum atomic E-state index is 12.9. The van der Waals surface area contributed by atoms with E-state index in [2.05, 4.69) is 44.9 Å². The van der Waals surface area contributed by atoms with E-state index in [-0.39, 0.29) is 49.0 Å². The van der Waals surface area contributed by atoms with E-state index in [0.29, 0.717) is 17.1 Å². The minimum absolute atomic E-state index is 0.0239. The Bertz CT molecular complexity index is 3300. The second-order valence-electron chi connectivity index (χ2n) is 21.0. The number of rotatable bonds is 24. The molecule has 0 amide bonds. The van der Waals surface area contributed by atoms with Gasteiger partial charge in [0.1, 0.15) is 47.3 Å². The lowest BCUT2D eigenvalue weighted by atomic mass is 9.80.